The molecule has 6 heteroatoms. The van der Waals surface area contributed by atoms with Crippen molar-refractivity contribution in [2.45, 2.75) is 12.8 Å². The van der Waals surface area contributed by atoms with E-state index < -0.39 is 23.3 Å². The molecule has 0 spiro atoms. The lowest BCUT2D eigenvalue weighted by molar-refractivity contribution is -0.140. The summed E-state index contributed by atoms with van der Waals surface area (Å²) in [5.74, 6) is -5.74. The van der Waals surface area contributed by atoms with Gasteiger partial charge < -0.3 is 10.6 Å². The number of para-hydroxylation sites is 2. The Morgan fingerprint density at radius 3 is 2.14 bits per heavy atom. The number of nitrogens with one attached hydrogen (secondary N) is 2. The van der Waals surface area contributed by atoms with Gasteiger partial charge >= 0.3 is 5.92 Å². The summed E-state index contributed by atoms with van der Waals surface area (Å²) in [4.78, 5) is 23.0. The fourth-order valence-corrected chi connectivity index (χ4v) is 1.91. The molecule has 22 heavy (non-hydrogen) atoms. The normalized spacial score (nSPS) is 10.9. The van der Waals surface area contributed by atoms with Crippen molar-refractivity contribution in [2.75, 3.05) is 10.6 Å². The quantitative estimate of drug-likeness (QED) is 0.910. The highest BCUT2D eigenvalue weighted by Gasteiger charge is 2.42. The summed E-state index contributed by atoms with van der Waals surface area (Å²) in [5, 5.41) is 4.46. The van der Waals surface area contributed by atoms with Crippen LogP contribution in [0.25, 0.3) is 0 Å². The molecule has 4 nitrogen and oxygen atoms in total. The minimum absolute atomic E-state index is 0.0942. The maximum Gasteiger partial charge on any atom is 0.352 e. The lowest BCUT2D eigenvalue weighted by Gasteiger charge is -2.19. The largest absolute Gasteiger partial charge is 0.352 e. The van der Waals surface area contributed by atoms with Crippen LogP contribution < -0.4 is 10.6 Å². The predicted molar refractivity (Wildman–Crippen MR) is 79.7 cm³/mol. The summed E-state index contributed by atoms with van der Waals surface area (Å²) in [6, 6.07) is 13.3. The van der Waals surface area contributed by atoms with Crippen molar-refractivity contribution in [3.63, 3.8) is 0 Å². The fourth-order valence-electron chi connectivity index (χ4n) is 1.91. The van der Waals surface area contributed by atoms with Gasteiger partial charge in [0.2, 0.25) is 5.91 Å². The molecule has 0 saturated carbocycles. The molecule has 0 aliphatic rings. The predicted octanol–water partition coefficient (Wildman–Crippen LogP) is 3.38. The second-order valence-corrected chi connectivity index (χ2v) is 4.62. The second-order valence-electron chi connectivity index (χ2n) is 4.62. The third-order valence-corrected chi connectivity index (χ3v) is 2.89. The highest BCUT2D eigenvalue weighted by molar-refractivity contribution is 5.99. The van der Waals surface area contributed by atoms with Crippen molar-refractivity contribution >= 4 is 23.2 Å². The van der Waals surface area contributed by atoms with E-state index >= 15 is 0 Å². The minimum atomic E-state index is -3.78. The Morgan fingerprint density at radius 1 is 0.909 bits per heavy atom. The highest BCUT2D eigenvalue weighted by atomic mass is 19.3. The molecule has 2 N–H and O–H groups in total. The molecular weight excluding hydrogens is 290 g/mol. The van der Waals surface area contributed by atoms with Crippen molar-refractivity contribution in [3.05, 3.63) is 60.2 Å². The minimum Gasteiger partial charge on any atom is -0.326 e. The second kappa shape index (κ2) is 6.34. The van der Waals surface area contributed by atoms with Crippen molar-refractivity contribution in [3.8, 4) is 0 Å². The molecule has 0 unspecified atom stereocenters. The van der Waals surface area contributed by atoms with E-state index in [9.17, 15) is 18.4 Å². The van der Waals surface area contributed by atoms with Gasteiger partial charge in [-0.05, 0) is 18.2 Å². The number of amides is 2. The van der Waals surface area contributed by atoms with E-state index in [0.29, 0.717) is 0 Å². The van der Waals surface area contributed by atoms with Crippen LogP contribution in [0.15, 0.2) is 54.6 Å². The van der Waals surface area contributed by atoms with E-state index in [2.05, 4.69) is 10.6 Å². The van der Waals surface area contributed by atoms with Gasteiger partial charge in [-0.25, -0.2) is 0 Å². The lowest BCUT2D eigenvalue weighted by atomic mass is 10.0. The molecule has 0 radical (unpaired) electrons. The SMILES string of the molecule is CC(=O)Nc1ccccc1C(F)(F)C(=O)Nc1ccccc1. The van der Waals surface area contributed by atoms with E-state index in [-0.39, 0.29) is 11.4 Å². The Bertz CT molecular complexity index is 688. The van der Waals surface area contributed by atoms with Gasteiger partial charge in [0.15, 0.2) is 0 Å². The zero-order valence-corrected chi connectivity index (χ0v) is 11.8. The number of hydrogen-bond donors (Lipinski definition) is 2. The van der Waals surface area contributed by atoms with Crippen molar-refractivity contribution in [1.29, 1.82) is 0 Å². The van der Waals surface area contributed by atoms with Gasteiger partial charge in [0.25, 0.3) is 5.91 Å². The molecule has 0 aromatic heterocycles. The maximum atomic E-state index is 14.4. The first-order valence-electron chi connectivity index (χ1n) is 6.52. The number of alkyl halides is 2. The van der Waals surface area contributed by atoms with Gasteiger partial charge in [0.1, 0.15) is 0 Å². The monoisotopic (exact) mass is 304 g/mol. The van der Waals surface area contributed by atoms with E-state index in [1.807, 2.05) is 0 Å². The molecule has 0 bridgehead atoms. The summed E-state index contributed by atoms with van der Waals surface area (Å²) in [5.41, 5.74) is -0.383. The molecule has 2 amide bonds. The van der Waals surface area contributed by atoms with Crippen LogP contribution in [0.1, 0.15) is 12.5 Å². The van der Waals surface area contributed by atoms with E-state index in [4.69, 9.17) is 0 Å². The number of carbonyl (C=O) groups excluding carboxylic acids is 2. The van der Waals surface area contributed by atoms with Crippen molar-refractivity contribution < 1.29 is 18.4 Å². The van der Waals surface area contributed by atoms with Crippen LogP contribution in [0.2, 0.25) is 0 Å². The van der Waals surface area contributed by atoms with Crippen LogP contribution in [0, 0.1) is 0 Å². The van der Waals surface area contributed by atoms with E-state index in [0.717, 1.165) is 6.07 Å². The topological polar surface area (TPSA) is 58.2 Å². The average Bonchev–Trinajstić information content (AvgIpc) is 2.48. The Hall–Kier alpha value is -2.76. The van der Waals surface area contributed by atoms with E-state index in [1.54, 1.807) is 18.2 Å². The number of carbonyl (C=O) groups is 2. The summed E-state index contributed by atoms with van der Waals surface area (Å²) in [6.45, 7) is 1.21. The third kappa shape index (κ3) is 3.46. The van der Waals surface area contributed by atoms with Crippen LogP contribution in [-0.4, -0.2) is 11.8 Å². The third-order valence-electron chi connectivity index (χ3n) is 2.89. The lowest BCUT2D eigenvalue weighted by Crippen LogP contribution is -2.33. The van der Waals surface area contributed by atoms with Crippen LogP contribution >= 0.6 is 0 Å². The summed E-state index contributed by atoms with van der Waals surface area (Å²) in [6.07, 6.45) is 0. The molecule has 2 rings (SSSR count). The maximum absolute atomic E-state index is 14.4. The van der Waals surface area contributed by atoms with E-state index in [1.165, 1.54) is 37.3 Å². The molecule has 0 fully saturated rings. The number of benzene rings is 2. The summed E-state index contributed by atoms with van der Waals surface area (Å²) in [7, 11) is 0. The Labute approximate surface area is 126 Å². The standard InChI is InChI=1S/C16H14F2N2O2/c1-11(21)19-14-10-6-5-9-13(14)16(17,18)15(22)20-12-7-3-2-4-8-12/h2-10H,1H3,(H,19,21)(H,20,22). The average molecular weight is 304 g/mol. The Kier molecular flexibility index (Phi) is 4.50. The first kappa shape index (κ1) is 15.6. The molecular formula is C16H14F2N2O2. The zero-order chi connectivity index (χ0) is 16.2. The molecule has 0 heterocycles. The first-order valence-corrected chi connectivity index (χ1v) is 6.52. The smallest absolute Gasteiger partial charge is 0.326 e. The van der Waals surface area contributed by atoms with Gasteiger partial charge in [-0.3, -0.25) is 9.59 Å². The van der Waals surface area contributed by atoms with Crippen molar-refractivity contribution in [1.82, 2.24) is 0 Å². The van der Waals surface area contributed by atoms with Gasteiger partial charge in [-0.1, -0.05) is 36.4 Å². The molecule has 2 aromatic rings. The number of halogens is 2. The summed E-state index contributed by atoms with van der Waals surface area (Å²) >= 11 is 0. The van der Waals surface area contributed by atoms with Gasteiger partial charge in [0.05, 0.1) is 11.3 Å². The van der Waals surface area contributed by atoms with Crippen LogP contribution in [0.4, 0.5) is 20.2 Å². The van der Waals surface area contributed by atoms with Crippen molar-refractivity contribution in [2.24, 2.45) is 0 Å². The Morgan fingerprint density at radius 2 is 1.50 bits per heavy atom. The molecule has 0 saturated heterocycles. The van der Waals surface area contributed by atoms with Crippen LogP contribution in [0.5, 0.6) is 0 Å². The van der Waals surface area contributed by atoms with Crippen LogP contribution in [-0.2, 0) is 15.5 Å². The molecule has 114 valence electrons. The number of anilines is 2. The number of hydrogen-bond acceptors (Lipinski definition) is 2. The summed E-state index contributed by atoms with van der Waals surface area (Å²) < 4.78 is 28.8. The van der Waals surface area contributed by atoms with Gasteiger partial charge in [0, 0.05) is 12.6 Å². The molecule has 0 aliphatic heterocycles. The molecule has 2 aromatic carbocycles. The fraction of sp³-hybridized carbons (Fsp3) is 0.125. The molecule has 0 atom stereocenters. The highest BCUT2D eigenvalue weighted by Crippen LogP contribution is 2.34. The number of rotatable bonds is 4. The van der Waals surface area contributed by atoms with Gasteiger partial charge in [-0.2, -0.15) is 8.78 Å². The van der Waals surface area contributed by atoms with Gasteiger partial charge in [-0.15, -0.1) is 0 Å². The zero-order valence-electron chi connectivity index (χ0n) is 11.8. The first-order chi connectivity index (χ1) is 10.4. The Balaban J connectivity index is 2.29. The molecule has 0 aliphatic carbocycles. The van der Waals surface area contributed by atoms with Crippen LogP contribution in [0.3, 0.4) is 0 Å².